The minimum absolute atomic E-state index is 0.194. The minimum atomic E-state index is -5.28. The van der Waals surface area contributed by atoms with Gasteiger partial charge in [-0.3, -0.25) is 9.63 Å². The zero-order chi connectivity index (χ0) is 30.4. The number of carbonyl (C=O) groups excluding carboxylic acids is 1. The molecule has 2 aliphatic heterocycles. The Morgan fingerprint density at radius 1 is 1.13 bits per heavy atom. The van der Waals surface area contributed by atoms with E-state index < -0.39 is 65.6 Å². The van der Waals surface area contributed by atoms with E-state index in [1.807, 2.05) is 0 Å². The van der Waals surface area contributed by atoms with E-state index in [9.17, 15) is 46.5 Å². The van der Waals surface area contributed by atoms with E-state index in [0.717, 1.165) is 0 Å². The second-order valence-corrected chi connectivity index (χ2v) is 6.99. The molecular formula is C19H26F6N3O11+. The number of quaternary nitrogens is 1. The van der Waals surface area contributed by atoms with E-state index in [4.69, 9.17) is 15.1 Å². The molecule has 39 heavy (non-hydrogen) atoms. The number of fused-ring (bicyclic) bond motifs is 1. The van der Waals surface area contributed by atoms with Crippen molar-refractivity contribution in [1.82, 2.24) is 5.32 Å². The van der Waals surface area contributed by atoms with Crippen molar-refractivity contribution >= 4 is 18.5 Å². The van der Waals surface area contributed by atoms with Crippen LogP contribution in [0.15, 0.2) is 17.7 Å². The molecule has 0 saturated carbocycles. The zero-order valence-electron chi connectivity index (χ0n) is 19.7. The first-order chi connectivity index (χ1) is 18.0. The number of hydrogen-bond acceptors (Lipinski definition) is 12. The van der Waals surface area contributed by atoms with Crippen molar-refractivity contribution < 1.29 is 86.5 Å². The number of carboxylic acid groups (broad SMARTS) is 1. The lowest BCUT2D eigenvalue weighted by molar-refractivity contribution is -0.670. The van der Waals surface area contributed by atoms with Crippen molar-refractivity contribution in [1.29, 1.82) is 0 Å². The Morgan fingerprint density at radius 2 is 1.67 bits per heavy atom. The van der Waals surface area contributed by atoms with Crippen LogP contribution in [0, 0.1) is 0 Å². The lowest BCUT2D eigenvalue weighted by atomic mass is 9.97. The van der Waals surface area contributed by atoms with Gasteiger partial charge in [-0.05, 0) is 44.1 Å². The molecular weight excluding hydrogens is 560 g/mol. The Hall–Kier alpha value is -3.24. The van der Waals surface area contributed by atoms with Crippen molar-refractivity contribution in [3.8, 4) is 11.5 Å². The molecule has 14 nitrogen and oxygen atoms in total. The molecule has 0 spiro atoms. The highest BCUT2D eigenvalue weighted by atomic mass is 19.4. The number of aliphatic hydroxyl groups is 3. The van der Waals surface area contributed by atoms with Crippen LogP contribution in [0.3, 0.4) is 0 Å². The van der Waals surface area contributed by atoms with E-state index >= 15 is 0 Å². The first-order valence-electron chi connectivity index (χ1n) is 10.2. The van der Waals surface area contributed by atoms with Crippen molar-refractivity contribution in [2.24, 2.45) is 5.90 Å². The van der Waals surface area contributed by atoms with Crippen LogP contribution < -0.4 is 26.6 Å². The molecule has 0 bridgehead atoms. The second kappa shape index (κ2) is 16.0. The fourth-order valence-electron chi connectivity index (χ4n) is 2.93. The fourth-order valence-corrected chi connectivity index (χ4v) is 2.93. The Bertz CT molecular complexity index is 941. The number of rotatable bonds is 5. The van der Waals surface area contributed by atoms with Gasteiger partial charge in [0.25, 0.3) is 6.47 Å². The number of halogens is 6. The molecule has 1 aromatic carbocycles. The Morgan fingerprint density at radius 3 is 2.05 bits per heavy atom. The van der Waals surface area contributed by atoms with Gasteiger partial charge in [0.15, 0.2) is 0 Å². The van der Waals surface area contributed by atoms with Crippen LogP contribution in [0.2, 0.25) is 0 Å². The van der Waals surface area contributed by atoms with Crippen LogP contribution in [0.1, 0.15) is 24.0 Å². The first-order valence-corrected chi connectivity index (χ1v) is 10.2. The predicted molar refractivity (Wildman–Crippen MR) is 112 cm³/mol. The molecule has 1 aromatic rings. The number of benzene rings is 1. The summed E-state index contributed by atoms with van der Waals surface area (Å²) in [6.45, 7) is 1.29. The Labute approximate surface area is 214 Å². The van der Waals surface area contributed by atoms with Crippen molar-refractivity contribution in [3.05, 3.63) is 28.8 Å². The quantitative estimate of drug-likeness (QED) is 0.0712. The highest BCUT2D eigenvalue weighted by Crippen LogP contribution is 2.44. The average molecular weight is 586 g/mol. The fraction of sp³-hybridized carbons (Fsp3) is 0.474. The van der Waals surface area contributed by atoms with Gasteiger partial charge in [-0.1, -0.05) is 0 Å². The molecule has 1 unspecified atom stereocenters. The molecule has 0 amide bonds. The lowest BCUT2D eigenvalue weighted by Crippen LogP contribution is -2.42. The van der Waals surface area contributed by atoms with Gasteiger partial charge >= 0.3 is 24.5 Å². The van der Waals surface area contributed by atoms with E-state index in [1.165, 1.54) is 25.9 Å². The van der Waals surface area contributed by atoms with Crippen LogP contribution in [0.4, 0.5) is 26.3 Å². The molecule has 11 N–H and O–H groups in total. The maximum absolute atomic E-state index is 13.3. The summed E-state index contributed by atoms with van der Waals surface area (Å²) in [4.78, 5) is 24.1. The van der Waals surface area contributed by atoms with Gasteiger partial charge < -0.3 is 40.0 Å². The van der Waals surface area contributed by atoms with Gasteiger partial charge in [0, 0.05) is 5.56 Å². The summed E-state index contributed by atoms with van der Waals surface area (Å²) < 4.78 is 89.7. The third-order valence-corrected chi connectivity index (χ3v) is 4.26. The van der Waals surface area contributed by atoms with Crippen LogP contribution in [-0.2, 0) is 25.1 Å². The summed E-state index contributed by atoms with van der Waals surface area (Å²) in [7, 11) is 0. The summed E-state index contributed by atoms with van der Waals surface area (Å²) >= 11 is 0. The van der Waals surface area contributed by atoms with Crippen molar-refractivity contribution in [3.63, 3.8) is 0 Å². The molecule has 224 valence electrons. The smallest absolute Gasteiger partial charge is 0.483 e. The number of esters is 1. The van der Waals surface area contributed by atoms with Crippen LogP contribution in [0.5, 0.6) is 11.5 Å². The molecule has 0 aliphatic carbocycles. The summed E-state index contributed by atoms with van der Waals surface area (Å²) in [5, 5.41) is 44.8. The molecule has 0 aromatic heterocycles. The highest BCUT2D eigenvalue weighted by molar-refractivity contribution is 5.96. The van der Waals surface area contributed by atoms with Crippen LogP contribution >= 0.6 is 0 Å². The zero-order valence-corrected chi connectivity index (χ0v) is 19.7. The first kappa shape index (κ1) is 35.8. The maximum atomic E-state index is 13.3. The molecule has 1 fully saturated rings. The number of alkyl halides is 6. The third-order valence-electron chi connectivity index (χ3n) is 4.26. The van der Waals surface area contributed by atoms with E-state index in [0.29, 0.717) is 12.1 Å². The lowest BCUT2D eigenvalue weighted by Gasteiger charge is -2.31. The summed E-state index contributed by atoms with van der Waals surface area (Å²) in [5.41, 5.74) is -3.22. The van der Waals surface area contributed by atoms with Crippen molar-refractivity contribution in [2.45, 2.75) is 37.5 Å². The number of ether oxygens (including phenoxy) is 3. The monoisotopic (exact) mass is 586 g/mol. The average Bonchev–Trinajstić information content (AvgIpc) is 3.41. The molecule has 1 atom stereocenters. The van der Waals surface area contributed by atoms with Gasteiger partial charge in [-0.2, -0.15) is 13.2 Å². The minimum Gasteiger partial charge on any atom is -0.483 e. The molecule has 20 heteroatoms. The molecule has 0 radical (unpaired) electrons. The molecule has 2 heterocycles. The van der Waals surface area contributed by atoms with Gasteiger partial charge in [0.2, 0.25) is 12.9 Å². The van der Waals surface area contributed by atoms with Gasteiger partial charge in [-0.15, -0.1) is 13.2 Å². The Balaban J connectivity index is 0.00000123. The normalized spacial score (nSPS) is 16.3. The van der Waals surface area contributed by atoms with Crippen LogP contribution in [-0.4, -0.2) is 76.6 Å². The predicted octanol–water partition coefficient (Wildman–Crippen LogP) is -0.542. The Kier molecular flexibility index (Phi) is 14.7. The number of carbonyl (C=O) groups is 2. The second-order valence-electron chi connectivity index (χ2n) is 6.99. The summed E-state index contributed by atoms with van der Waals surface area (Å²) in [6.07, 6.45) is -10.4. The SMILES string of the molecule is C1CCNC1.NOCOC(=O)C1=Cc2cc(OC(F)(F)F)cc(C(O)(O)O)c2OC1C(F)(F)F.O=CO.[NH3+]O. The standard InChI is InChI=1S/C14H11F6NO8.C4H9N.CH2O2.H4NO/c15-12(16,17)10-7(11(22)26-4-27-21)2-5-1-6(29-14(18,19)20)3-8(9(5)28-10)13(23,24)25;1-2-4-5-3-1;2-1-3;1-2/h1-3,10,23-25H,4,21H2;5H,1-4H2;1H,(H,2,3);2H,1H3/q;;;+1. The topological polar surface area (TPSA) is 238 Å². The highest BCUT2D eigenvalue weighted by Gasteiger charge is 2.50. The van der Waals surface area contributed by atoms with Gasteiger partial charge in [-0.25, -0.2) is 21.8 Å². The molecule has 3 rings (SSSR count). The number of nitrogens with two attached hydrogens (primary N) is 1. The molecule has 1 saturated heterocycles. The number of hydrogen-bond donors (Lipinski definition) is 8. The van der Waals surface area contributed by atoms with E-state index in [2.05, 4.69) is 36.2 Å². The van der Waals surface area contributed by atoms with Crippen LogP contribution in [0.25, 0.3) is 6.08 Å². The van der Waals surface area contributed by atoms with Crippen molar-refractivity contribution in [2.75, 3.05) is 19.9 Å². The van der Waals surface area contributed by atoms with E-state index in [1.54, 1.807) is 0 Å². The van der Waals surface area contributed by atoms with E-state index in [-0.39, 0.29) is 12.5 Å². The maximum Gasteiger partial charge on any atom is 0.573 e. The largest absolute Gasteiger partial charge is 0.573 e. The molecule has 2 aliphatic rings. The third kappa shape index (κ3) is 12.4. The van der Waals surface area contributed by atoms with Gasteiger partial charge in [0.1, 0.15) is 11.5 Å². The summed E-state index contributed by atoms with van der Waals surface area (Å²) in [5.74, 6) is -0.937. The number of nitrogens with one attached hydrogen (secondary N) is 1. The summed E-state index contributed by atoms with van der Waals surface area (Å²) in [6, 6.07) is 0.677. The van der Waals surface area contributed by atoms with Gasteiger partial charge in [0.05, 0.1) is 11.1 Å².